The van der Waals surface area contributed by atoms with Gasteiger partial charge < -0.3 is 4.98 Å². The van der Waals surface area contributed by atoms with E-state index in [1.807, 2.05) is 0 Å². The Labute approximate surface area is 73.4 Å². The number of nitrogens with one attached hydrogen (secondary N) is 1. The lowest BCUT2D eigenvalue weighted by Gasteiger charge is -1.94. The van der Waals surface area contributed by atoms with Crippen LogP contribution in [0.2, 0.25) is 0 Å². The molecule has 0 radical (unpaired) electrons. The van der Waals surface area contributed by atoms with Crippen LogP contribution in [0.1, 0.15) is 0 Å². The summed E-state index contributed by atoms with van der Waals surface area (Å²) in [5, 5.41) is 0. The Kier molecular flexibility index (Phi) is 1.57. The highest BCUT2D eigenvalue weighted by molar-refractivity contribution is 7.85. The number of pyridine rings is 1. The number of nitrogens with zero attached hydrogens (tertiary/aromatic N) is 2. The lowest BCUT2D eigenvalue weighted by molar-refractivity contribution is 0.483. The van der Waals surface area contributed by atoms with E-state index in [-0.39, 0.29) is 4.90 Å². The van der Waals surface area contributed by atoms with Crippen molar-refractivity contribution in [2.45, 2.75) is 4.90 Å². The Morgan fingerprint density at radius 3 is 2.85 bits per heavy atom. The fourth-order valence-electron chi connectivity index (χ4n) is 0.952. The van der Waals surface area contributed by atoms with E-state index in [9.17, 15) is 8.42 Å². The Balaban J connectivity index is 2.75. The van der Waals surface area contributed by atoms with Gasteiger partial charge in [-0.15, -0.1) is 0 Å². The van der Waals surface area contributed by atoms with Crippen LogP contribution in [0, 0.1) is 0 Å². The number of fused-ring (bicyclic) bond motifs is 1. The summed E-state index contributed by atoms with van der Waals surface area (Å²) < 4.78 is 30.0. The van der Waals surface area contributed by atoms with Crippen molar-refractivity contribution in [3.63, 3.8) is 0 Å². The van der Waals surface area contributed by atoms with Crippen molar-refractivity contribution in [2.75, 3.05) is 0 Å². The summed E-state index contributed by atoms with van der Waals surface area (Å²) in [4.78, 5) is 9.96. The maximum absolute atomic E-state index is 10.7. The Morgan fingerprint density at radius 1 is 1.38 bits per heavy atom. The lowest BCUT2D eigenvalue weighted by atomic mass is 10.4. The largest absolute Gasteiger partial charge is 0.343 e. The summed E-state index contributed by atoms with van der Waals surface area (Å²) in [6, 6.07) is 1.27. The van der Waals surface area contributed by atoms with Gasteiger partial charge in [-0.1, -0.05) is 0 Å². The fraction of sp³-hybridized carbons (Fsp3) is 0. The minimum Gasteiger partial charge on any atom is -0.343 e. The first kappa shape index (κ1) is 8.14. The molecule has 2 N–H and O–H groups in total. The molecule has 0 saturated carbocycles. The van der Waals surface area contributed by atoms with Gasteiger partial charge in [0.05, 0.1) is 18.0 Å². The SMILES string of the molecule is O=S(=O)(O)c1cnc2nc[nH]c2c1. The van der Waals surface area contributed by atoms with Crippen LogP contribution in [0.15, 0.2) is 23.5 Å². The zero-order chi connectivity index (χ0) is 9.47. The number of rotatable bonds is 1. The number of aromatic nitrogens is 3. The molecule has 0 fully saturated rings. The molecule has 0 spiro atoms. The average Bonchev–Trinajstić information content (AvgIpc) is 2.47. The summed E-state index contributed by atoms with van der Waals surface area (Å²) >= 11 is 0. The van der Waals surface area contributed by atoms with E-state index in [1.54, 1.807) is 0 Å². The minimum absolute atomic E-state index is 0.246. The molecule has 0 amide bonds. The van der Waals surface area contributed by atoms with Gasteiger partial charge >= 0.3 is 0 Å². The summed E-state index contributed by atoms with van der Waals surface area (Å²) in [5.74, 6) is 0. The Hall–Kier alpha value is -1.47. The number of H-pyrrole nitrogens is 1. The molecule has 2 rings (SSSR count). The molecular formula is C6H5N3O3S. The van der Waals surface area contributed by atoms with E-state index in [1.165, 1.54) is 12.4 Å². The van der Waals surface area contributed by atoms with Crippen molar-refractivity contribution >= 4 is 21.3 Å². The molecule has 13 heavy (non-hydrogen) atoms. The van der Waals surface area contributed by atoms with Crippen LogP contribution in [0.4, 0.5) is 0 Å². The van der Waals surface area contributed by atoms with Crippen LogP contribution >= 0.6 is 0 Å². The second-order valence-electron chi connectivity index (χ2n) is 2.42. The van der Waals surface area contributed by atoms with Crippen LogP contribution < -0.4 is 0 Å². The van der Waals surface area contributed by atoms with E-state index in [2.05, 4.69) is 15.0 Å². The van der Waals surface area contributed by atoms with Gasteiger partial charge in [0, 0.05) is 0 Å². The fourth-order valence-corrected chi connectivity index (χ4v) is 1.40. The Bertz CT molecular complexity index is 545. The summed E-state index contributed by atoms with van der Waals surface area (Å²) in [5.41, 5.74) is 0.877. The van der Waals surface area contributed by atoms with Crippen LogP contribution in [-0.2, 0) is 10.1 Å². The molecule has 6 nitrogen and oxygen atoms in total. The maximum atomic E-state index is 10.7. The normalized spacial score (nSPS) is 12.1. The van der Waals surface area contributed by atoms with Gasteiger partial charge in [-0.05, 0) is 6.07 Å². The van der Waals surface area contributed by atoms with Crippen LogP contribution in [0.5, 0.6) is 0 Å². The lowest BCUT2D eigenvalue weighted by Crippen LogP contribution is -1.98. The number of hydrogen-bond acceptors (Lipinski definition) is 4. The van der Waals surface area contributed by atoms with Gasteiger partial charge in [0.15, 0.2) is 5.65 Å². The van der Waals surface area contributed by atoms with Crippen LogP contribution in [0.25, 0.3) is 11.2 Å². The molecule has 0 saturated heterocycles. The second-order valence-corrected chi connectivity index (χ2v) is 3.84. The molecule has 2 heterocycles. The molecular weight excluding hydrogens is 194 g/mol. The van der Waals surface area contributed by atoms with Crippen molar-refractivity contribution in [3.05, 3.63) is 18.6 Å². The molecule has 0 atom stereocenters. The molecule has 7 heteroatoms. The van der Waals surface area contributed by atoms with Gasteiger partial charge in [0.25, 0.3) is 10.1 Å². The van der Waals surface area contributed by atoms with E-state index >= 15 is 0 Å². The molecule has 0 aliphatic rings. The molecule has 0 aliphatic heterocycles. The number of imidazole rings is 1. The number of hydrogen-bond donors (Lipinski definition) is 2. The Morgan fingerprint density at radius 2 is 2.15 bits per heavy atom. The van der Waals surface area contributed by atoms with E-state index in [4.69, 9.17) is 4.55 Å². The first-order valence-electron chi connectivity index (χ1n) is 3.34. The predicted octanol–water partition coefficient (Wildman–Crippen LogP) is 0.205. The van der Waals surface area contributed by atoms with Gasteiger partial charge in [-0.3, -0.25) is 4.55 Å². The first-order chi connectivity index (χ1) is 6.07. The standard InChI is InChI=1S/C6H5N3O3S/c10-13(11,12)4-1-5-6(7-2-4)9-3-8-5/h1-3H,(H,7,8,9)(H,10,11,12). The highest BCUT2D eigenvalue weighted by atomic mass is 32.2. The van der Waals surface area contributed by atoms with Gasteiger partial charge in [-0.2, -0.15) is 8.42 Å². The van der Waals surface area contributed by atoms with E-state index in [0.29, 0.717) is 11.2 Å². The summed E-state index contributed by atoms with van der Waals surface area (Å²) in [7, 11) is -4.18. The maximum Gasteiger partial charge on any atom is 0.296 e. The van der Waals surface area contributed by atoms with Crippen molar-refractivity contribution in [1.82, 2.24) is 15.0 Å². The molecule has 0 aromatic carbocycles. The van der Waals surface area contributed by atoms with E-state index < -0.39 is 10.1 Å². The molecule has 2 aromatic rings. The smallest absolute Gasteiger partial charge is 0.296 e. The zero-order valence-electron chi connectivity index (χ0n) is 6.30. The highest BCUT2D eigenvalue weighted by Crippen LogP contribution is 2.12. The molecule has 2 aromatic heterocycles. The predicted molar refractivity (Wildman–Crippen MR) is 43.7 cm³/mol. The van der Waals surface area contributed by atoms with Crippen LogP contribution in [-0.4, -0.2) is 27.9 Å². The highest BCUT2D eigenvalue weighted by Gasteiger charge is 2.11. The van der Waals surface area contributed by atoms with Gasteiger partial charge in [-0.25, -0.2) is 9.97 Å². The molecule has 0 bridgehead atoms. The topological polar surface area (TPSA) is 95.9 Å². The summed E-state index contributed by atoms with van der Waals surface area (Å²) in [6.45, 7) is 0. The van der Waals surface area contributed by atoms with Crippen LogP contribution in [0.3, 0.4) is 0 Å². The second kappa shape index (κ2) is 2.51. The monoisotopic (exact) mass is 199 g/mol. The molecule has 0 aliphatic carbocycles. The third-order valence-electron chi connectivity index (χ3n) is 1.55. The summed E-state index contributed by atoms with van der Waals surface area (Å²) in [6.07, 6.45) is 2.45. The van der Waals surface area contributed by atoms with Crippen molar-refractivity contribution in [3.8, 4) is 0 Å². The van der Waals surface area contributed by atoms with Crippen molar-refractivity contribution < 1.29 is 13.0 Å². The first-order valence-corrected chi connectivity index (χ1v) is 4.78. The van der Waals surface area contributed by atoms with Gasteiger partial charge in [0.2, 0.25) is 0 Å². The minimum atomic E-state index is -4.18. The number of aromatic amines is 1. The third-order valence-corrected chi connectivity index (χ3v) is 2.37. The quantitative estimate of drug-likeness (QED) is 0.640. The van der Waals surface area contributed by atoms with Gasteiger partial charge in [0.1, 0.15) is 4.90 Å². The van der Waals surface area contributed by atoms with Crippen molar-refractivity contribution in [2.24, 2.45) is 0 Å². The molecule has 68 valence electrons. The zero-order valence-corrected chi connectivity index (χ0v) is 7.11. The van der Waals surface area contributed by atoms with Crippen molar-refractivity contribution in [1.29, 1.82) is 0 Å². The van der Waals surface area contributed by atoms with E-state index in [0.717, 1.165) is 6.20 Å². The third kappa shape index (κ3) is 1.38. The molecule has 0 unspecified atom stereocenters. The average molecular weight is 199 g/mol.